The molecule has 0 aliphatic rings. The number of carbonyl (C=O) groups excluding carboxylic acids is 1. The summed E-state index contributed by atoms with van der Waals surface area (Å²) in [5, 5.41) is 13.2. The van der Waals surface area contributed by atoms with E-state index in [1.54, 1.807) is 13.0 Å². The van der Waals surface area contributed by atoms with E-state index in [1.165, 1.54) is 6.07 Å². The van der Waals surface area contributed by atoms with Crippen LogP contribution in [0.25, 0.3) is 0 Å². The Kier molecular flexibility index (Phi) is 4.33. The van der Waals surface area contributed by atoms with Crippen LogP contribution in [0.5, 0.6) is 0 Å². The van der Waals surface area contributed by atoms with Crippen molar-refractivity contribution in [1.82, 2.24) is 10.3 Å². The van der Waals surface area contributed by atoms with Gasteiger partial charge in [-0.05, 0) is 22.4 Å². The first-order valence-electron chi connectivity index (χ1n) is 5.06. The quantitative estimate of drug-likeness (QED) is 0.363. The number of aryl methyl sites for hydroxylation is 1. The van der Waals surface area contributed by atoms with Crippen LogP contribution < -0.4 is 5.32 Å². The lowest BCUT2D eigenvalue weighted by Crippen LogP contribution is -2.24. The first-order chi connectivity index (χ1) is 8.04. The Morgan fingerprint density at radius 1 is 1.65 bits per heavy atom. The molecule has 1 amide bonds. The number of nitrogens with one attached hydrogen (secondary N) is 1. The highest BCUT2D eigenvalue weighted by Crippen LogP contribution is 2.12. The minimum atomic E-state index is -0.618. The molecule has 0 spiro atoms. The molecule has 0 bridgehead atoms. The molecule has 0 aromatic carbocycles. The van der Waals surface area contributed by atoms with Crippen LogP contribution in [-0.2, 0) is 0 Å². The van der Waals surface area contributed by atoms with Gasteiger partial charge >= 0.3 is 5.82 Å². The zero-order chi connectivity index (χ0) is 12.8. The predicted octanol–water partition coefficient (Wildman–Crippen LogP) is 1.60. The first-order valence-corrected chi connectivity index (χ1v) is 5.06. The fraction of sp³-hybridized carbons (Fsp3) is 0.273. The molecule has 1 rings (SSSR count). The summed E-state index contributed by atoms with van der Waals surface area (Å²) in [7, 11) is 0. The SMILES string of the molecule is C=CCCNC(=O)c1cc(C)nc([N+](=O)[O-])c1. The van der Waals surface area contributed by atoms with Crippen molar-refractivity contribution in [2.75, 3.05) is 6.54 Å². The molecule has 0 radical (unpaired) electrons. The molecule has 0 atom stereocenters. The van der Waals surface area contributed by atoms with E-state index >= 15 is 0 Å². The highest BCUT2D eigenvalue weighted by molar-refractivity contribution is 5.94. The second-order valence-electron chi connectivity index (χ2n) is 3.45. The number of amides is 1. The maximum Gasteiger partial charge on any atom is 0.364 e. The monoisotopic (exact) mass is 235 g/mol. The van der Waals surface area contributed by atoms with Gasteiger partial charge in [-0.15, -0.1) is 6.58 Å². The van der Waals surface area contributed by atoms with Gasteiger partial charge < -0.3 is 15.4 Å². The lowest BCUT2D eigenvalue weighted by Gasteiger charge is -2.03. The second-order valence-corrected chi connectivity index (χ2v) is 3.45. The number of hydrogen-bond acceptors (Lipinski definition) is 4. The van der Waals surface area contributed by atoms with Crippen LogP contribution in [0.4, 0.5) is 5.82 Å². The van der Waals surface area contributed by atoms with Crippen molar-refractivity contribution in [3.8, 4) is 0 Å². The molecule has 0 fully saturated rings. The van der Waals surface area contributed by atoms with Crippen molar-refractivity contribution in [3.05, 3.63) is 46.2 Å². The molecule has 0 aliphatic carbocycles. The molecule has 1 N–H and O–H groups in total. The van der Waals surface area contributed by atoms with Crippen LogP contribution in [0.3, 0.4) is 0 Å². The van der Waals surface area contributed by atoms with Crippen molar-refractivity contribution < 1.29 is 9.72 Å². The van der Waals surface area contributed by atoms with Crippen LogP contribution in [0.1, 0.15) is 22.5 Å². The normalized spacial score (nSPS) is 9.71. The van der Waals surface area contributed by atoms with Gasteiger partial charge in [0.15, 0.2) is 5.69 Å². The van der Waals surface area contributed by atoms with E-state index in [0.717, 1.165) is 6.07 Å². The van der Waals surface area contributed by atoms with Gasteiger partial charge in [-0.2, -0.15) is 0 Å². The number of hydrogen-bond donors (Lipinski definition) is 1. The summed E-state index contributed by atoms with van der Waals surface area (Å²) in [6, 6.07) is 2.67. The van der Waals surface area contributed by atoms with Gasteiger partial charge in [0.05, 0.1) is 5.56 Å². The highest BCUT2D eigenvalue weighted by Gasteiger charge is 2.14. The van der Waals surface area contributed by atoms with E-state index in [9.17, 15) is 14.9 Å². The number of nitro groups is 1. The van der Waals surface area contributed by atoms with Crippen LogP contribution in [0, 0.1) is 17.0 Å². The molecule has 0 saturated heterocycles. The minimum absolute atomic E-state index is 0.244. The van der Waals surface area contributed by atoms with E-state index in [0.29, 0.717) is 18.7 Å². The van der Waals surface area contributed by atoms with Gasteiger partial charge in [0.2, 0.25) is 0 Å². The highest BCUT2D eigenvalue weighted by atomic mass is 16.6. The van der Waals surface area contributed by atoms with Gasteiger partial charge in [-0.3, -0.25) is 4.79 Å². The van der Waals surface area contributed by atoms with Gasteiger partial charge in [-0.25, -0.2) is 0 Å². The maximum atomic E-state index is 11.7. The first kappa shape index (κ1) is 12.8. The van der Waals surface area contributed by atoms with Crippen LogP contribution >= 0.6 is 0 Å². The molecule has 90 valence electrons. The summed E-state index contributed by atoms with van der Waals surface area (Å²) >= 11 is 0. The van der Waals surface area contributed by atoms with E-state index in [4.69, 9.17) is 0 Å². The molecule has 0 saturated carbocycles. The Morgan fingerprint density at radius 2 is 2.35 bits per heavy atom. The standard InChI is InChI=1S/C11H13N3O3/c1-3-4-5-12-11(15)9-6-8(2)13-10(7-9)14(16)17/h3,6-7H,1,4-5H2,2H3,(H,12,15). The fourth-order valence-electron chi connectivity index (χ4n) is 1.27. The van der Waals surface area contributed by atoms with Crippen LogP contribution in [0.2, 0.25) is 0 Å². The number of nitrogens with zero attached hydrogens (tertiary/aromatic N) is 2. The smallest absolute Gasteiger partial charge is 0.358 e. The average molecular weight is 235 g/mol. The van der Waals surface area contributed by atoms with Gasteiger partial charge in [0, 0.05) is 19.5 Å². The lowest BCUT2D eigenvalue weighted by atomic mass is 10.2. The molecular weight excluding hydrogens is 222 g/mol. The number of aromatic nitrogens is 1. The summed E-state index contributed by atoms with van der Waals surface area (Å²) in [4.78, 5) is 25.3. The molecule has 1 aromatic heterocycles. The summed E-state index contributed by atoms with van der Waals surface area (Å²) in [6.07, 6.45) is 2.33. The molecule has 0 unspecified atom stereocenters. The summed E-state index contributed by atoms with van der Waals surface area (Å²) in [6.45, 7) is 5.59. The minimum Gasteiger partial charge on any atom is -0.358 e. The summed E-state index contributed by atoms with van der Waals surface area (Å²) in [5.74, 6) is -0.667. The average Bonchev–Trinajstić information content (AvgIpc) is 2.28. The van der Waals surface area contributed by atoms with E-state index < -0.39 is 4.92 Å². The lowest BCUT2D eigenvalue weighted by molar-refractivity contribution is -0.389. The third-order valence-electron chi connectivity index (χ3n) is 2.02. The number of rotatable bonds is 5. The topological polar surface area (TPSA) is 85.1 Å². The van der Waals surface area contributed by atoms with Gasteiger partial charge in [-0.1, -0.05) is 6.08 Å². The zero-order valence-corrected chi connectivity index (χ0v) is 9.47. The molecule has 0 aliphatic heterocycles. The summed E-state index contributed by atoms with van der Waals surface area (Å²) in [5.41, 5.74) is 0.682. The zero-order valence-electron chi connectivity index (χ0n) is 9.47. The third-order valence-corrected chi connectivity index (χ3v) is 2.02. The summed E-state index contributed by atoms with van der Waals surface area (Å²) < 4.78 is 0. The molecular formula is C11H13N3O3. The molecule has 17 heavy (non-hydrogen) atoms. The van der Waals surface area contributed by atoms with Crippen molar-refractivity contribution in [2.45, 2.75) is 13.3 Å². The second kappa shape index (κ2) is 5.74. The van der Waals surface area contributed by atoms with E-state index in [-0.39, 0.29) is 17.3 Å². The van der Waals surface area contributed by atoms with E-state index in [2.05, 4.69) is 16.9 Å². The Bertz CT molecular complexity index is 457. The van der Waals surface area contributed by atoms with Crippen molar-refractivity contribution in [3.63, 3.8) is 0 Å². The third kappa shape index (κ3) is 3.67. The Morgan fingerprint density at radius 3 is 2.94 bits per heavy atom. The molecule has 6 heteroatoms. The van der Waals surface area contributed by atoms with Crippen LogP contribution in [0.15, 0.2) is 24.8 Å². The number of carbonyl (C=O) groups is 1. The molecule has 1 aromatic rings. The van der Waals surface area contributed by atoms with Crippen LogP contribution in [-0.4, -0.2) is 22.4 Å². The van der Waals surface area contributed by atoms with Crippen molar-refractivity contribution >= 4 is 11.7 Å². The Balaban J connectivity index is 2.86. The molecule has 1 heterocycles. The van der Waals surface area contributed by atoms with E-state index in [1.807, 2.05) is 0 Å². The Labute approximate surface area is 98.5 Å². The van der Waals surface area contributed by atoms with Gasteiger partial charge in [0.1, 0.15) is 0 Å². The van der Waals surface area contributed by atoms with Gasteiger partial charge in [0.25, 0.3) is 5.91 Å². The fourth-order valence-corrected chi connectivity index (χ4v) is 1.27. The van der Waals surface area contributed by atoms with Crippen molar-refractivity contribution in [2.24, 2.45) is 0 Å². The maximum absolute atomic E-state index is 11.7. The van der Waals surface area contributed by atoms with Crippen molar-refractivity contribution in [1.29, 1.82) is 0 Å². The Hall–Kier alpha value is -2.24. The predicted molar refractivity (Wildman–Crippen MR) is 62.8 cm³/mol. The molecule has 6 nitrogen and oxygen atoms in total. The largest absolute Gasteiger partial charge is 0.364 e. The number of pyridine rings is 1.